The van der Waals surface area contributed by atoms with E-state index < -0.39 is 6.10 Å². The van der Waals surface area contributed by atoms with Crippen molar-refractivity contribution in [3.8, 4) is 22.7 Å². The number of fused-ring (bicyclic) bond motifs is 1. The number of rotatable bonds is 5. The predicted octanol–water partition coefficient (Wildman–Crippen LogP) is 3.75. The van der Waals surface area contributed by atoms with Crippen LogP contribution in [0.2, 0.25) is 0 Å². The van der Waals surface area contributed by atoms with Crippen LogP contribution in [0.1, 0.15) is 6.92 Å². The first-order valence-corrected chi connectivity index (χ1v) is 10.9. The average Bonchev–Trinajstić information content (AvgIpc) is 3.50. The van der Waals surface area contributed by atoms with Crippen LogP contribution >= 0.6 is 11.3 Å². The highest BCUT2D eigenvalue weighted by Crippen LogP contribution is 2.33. The molecule has 0 spiro atoms. The van der Waals surface area contributed by atoms with Crippen molar-refractivity contribution in [2.75, 3.05) is 16.8 Å². The summed E-state index contributed by atoms with van der Waals surface area (Å²) in [5, 5.41) is 9.38. The van der Waals surface area contributed by atoms with Gasteiger partial charge in [-0.05, 0) is 37.3 Å². The van der Waals surface area contributed by atoms with Gasteiger partial charge in [-0.1, -0.05) is 24.3 Å². The minimum absolute atomic E-state index is 0.114. The van der Waals surface area contributed by atoms with E-state index in [4.69, 9.17) is 4.74 Å². The smallest absolute Gasteiger partial charge is 0.268 e. The van der Waals surface area contributed by atoms with E-state index in [1.165, 1.54) is 16.2 Å². The molecule has 2 aromatic carbocycles. The van der Waals surface area contributed by atoms with Crippen LogP contribution in [0.4, 0.5) is 10.8 Å². The molecule has 0 saturated heterocycles. The lowest BCUT2D eigenvalue weighted by Crippen LogP contribution is -2.47. The summed E-state index contributed by atoms with van der Waals surface area (Å²) in [6.45, 7) is 1.56. The predicted molar refractivity (Wildman–Crippen MR) is 122 cm³/mol. The van der Waals surface area contributed by atoms with Gasteiger partial charge in [-0.3, -0.25) is 14.5 Å². The number of hydrogen-bond donors (Lipinski definition) is 1. The van der Waals surface area contributed by atoms with Gasteiger partial charge in [-0.15, -0.1) is 11.3 Å². The number of thiazole rings is 1. The zero-order valence-electron chi connectivity index (χ0n) is 17.1. The number of carbonyl (C=O) groups excluding carboxylic acids is 2. The lowest BCUT2D eigenvalue weighted by molar-refractivity contribution is -0.127. The molecule has 1 N–H and O–H groups in total. The fourth-order valence-electron chi connectivity index (χ4n) is 3.49. The molecule has 4 aromatic rings. The molecule has 2 amide bonds. The maximum absolute atomic E-state index is 12.7. The first-order valence-electron chi connectivity index (χ1n) is 10.0. The van der Waals surface area contributed by atoms with Crippen molar-refractivity contribution in [1.82, 2.24) is 14.8 Å². The van der Waals surface area contributed by atoms with E-state index in [9.17, 15) is 9.59 Å². The fourth-order valence-corrected chi connectivity index (χ4v) is 4.23. The SMILES string of the molecule is CC1Oc2ccccc2N(CC(=O)Nc2nc(-c3ccc(-n4cccn4)cc3)cs2)C1=O. The van der Waals surface area contributed by atoms with Crippen LogP contribution in [0, 0.1) is 0 Å². The second kappa shape index (κ2) is 8.27. The standard InChI is InChI=1S/C23H19N5O3S/c1-15-22(30)27(19-5-2-3-6-20(19)31-15)13-21(29)26-23-25-18(14-32-23)16-7-9-17(10-8-16)28-12-4-11-24-28/h2-12,14-15H,13H2,1H3,(H,25,26,29). The Morgan fingerprint density at radius 2 is 1.97 bits per heavy atom. The van der Waals surface area contributed by atoms with Crippen LogP contribution in [0.15, 0.2) is 72.4 Å². The molecule has 8 nitrogen and oxygen atoms in total. The Labute approximate surface area is 188 Å². The molecule has 1 atom stereocenters. The van der Waals surface area contributed by atoms with E-state index >= 15 is 0 Å². The first kappa shape index (κ1) is 20.0. The lowest BCUT2D eigenvalue weighted by Gasteiger charge is -2.32. The van der Waals surface area contributed by atoms with Crippen LogP contribution in [-0.2, 0) is 9.59 Å². The quantitative estimate of drug-likeness (QED) is 0.505. The summed E-state index contributed by atoms with van der Waals surface area (Å²) >= 11 is 1.33. The second-order valence-electron chi connectivity index (χ2n) is 7.24. The molecule has 1 aliphatic rings. The molecule has 0 fully saturated rings. The normalized spacial score (nSPS) is 15.2. The average molecular weight is 446 g/mol. The highest BCUT2D eigenvalue weighted by Gasteiger charge is 2.32. The third-order valence-corrected chi connectivity index (χ3v) is 5.82. The molecule has 0 bridgehead atoms. The molecule has 1 aliphatic heterocycles. The molecule has 2 aromatic heterocycles. The number of nitrogens with zero attached hydrogens (tertiary/aromatic N) is 4. The first-order chi connectivity index (χ1) is 15.6. The Bertz CT molecular complexity index is 1270. The summed E-state index contributed by atoms with van der Waals surface area (Å²) in [6.07, 6.45) is 2.96. The van der Waals surface area contributed by atoms with Crippen molar-refractivity contribution in [2.24, 2.45) is 0 Å². The molecular weight excluding hydrogens is 426 g/mol. The van der Waals surface area contributed by atoms with Gasteiger partial charge in [0.25, 0.3) is 5.91 Å². The van der Waals surface area contributed by atoms with Crippen molar-refractivity contribution in [3.63, 3.8) is 0 Å². The van der Waals surface area contributed by atoms with Gasteiger partial charge in [0.1, 0.15) is 12.3 Å². The highest BCUT2D eigenvalue weighted by molar-refractivity contribution is 7.14. The molecule has 0 saturated carbocycles. The maximum atomic E-state index is 12.7. The molecule has 160 valence electrons. The van der Waals surface area contributed by atoms with Crippen LogP contribution in [0.3, 0.4) is 0 Å². The number of amides is 2. The van der Waals surface area contributed by atoms with E-state index in [-0.39, 0.29) is 18.4 Å². The van der Waals surface area contributed by atoms with Gasteiger partial charge in [0.15, 0.2) is 11.2 Å². The van der Waals surface area contributed by atoms with E-state index in [2.05, 4.69) is 15.4 Å². The van der Waals surface area contributed by atoms with E-state index in [0.717, 1.165) is 16.9 Å². The zero-order chi connectivity index (χ0) is 22.1. The van der Waals surface area contributed by atoms with E-state index in [0.29, 0.717) is 16.6 Å². The third kappa shape index (κ3) is 3.85. The van der Waals surface area contributed by atoms with Gasteiger partial charge >= 0.3 is 0 Å². The summed E-state index contributed by atoms with van der Waals surface area (Å²) in [5.74, 6) is 0.00984. The minimum Gasteiger partial charge on any atom is -0.479 e. The highest BCUT2D eigenvalue weighted by atomic mass is 32.1. The summed E-state index contributed by atoms with van der Waals surface area (Å²) in [7, 11) is 0. The van der Waals surface area contributed by atoms with Crippen LogP contribution in [0.5, 0.6) is 5.75 Å². The topological polar surface area (TPSA) is 89.3 Å². The van der Waals surface area contributed by atoms with Crippen molar-refractivity contribution in [1.29, 1.82) is 0 Å². The molecule has 0 aliphatic carbocycles. The molecule has 1 unspecified atom stereocenters. The zero-order valence-corrected chi connectivity index (χ0v) is 18.0. The molecule has 32 heavy (non-hydrogen) atoms. The minimum atomic E-state index is -0.645. The van der Waals surface area contributed by atoms with Gasteiger partial charge < -0.3 is 10.1 Å². The van der Waals surface area contributed by atoms with Crippen molar-refractivity contribution in [2.45, 2.75) is 13.0 Å². The summed E-state index contributed by atoms with van der Waals surface area (Å²) in [6, 6.07) is 16.9. The van der Waals surface area contributed by atoms with Crippen molar-refractivity contribution < 1.29 is 14.3 Å². The van der Waals surface area contributed by atoms with Crippen molar-refractivity contribution in [3.05, 3.63) is 72.4 Å². The van der Waals surface area contributed by atoms with Gasteiger partial charge in [0, 0.05) is 23.3 Å². The van der Waals surface area contributed by atoms with Crippen LogP contribution in [-0.4, -0.2) is 39.2 Å². The van der Waals surface area contributed by atoms with Crippen LogP contribution < -0.4 is 15.0 Å². The molecular formula is C23H19N5O3S. The van der Waals surface area contributed by atoms with Crippen LogP contribution in [0.25, 0.3) is 16.9 Å². The third-order valence-electron chi connectivity index (χ3n) is 5.06. The Kier molecular flexibility index (Phi) is 5.16. The number of ether oxygens (including phenoxy) is 1. The number of benzene rings is 2. The molecule has 5 rings (SSSR count). The van der Waals surface area contributed by atoms with E-state index in [1.54, 1.807) is 36.0 Å². The Balaban J connectivity index is 1.28. The molecule has 0 radical (unpaired) electrons. The fraction of sp³-hybridized carbons (Fsp3) is 0.130. The van der Waals surface area contributed by atoms with Gasteiger partial charge in [0.05, 0.1) is 17.1 Å². The maximum Gasteiger partial charge on any atom is 0.268 e. The number of hydrogen-bond acceptors (Lipinski definition) is 6. The summed E-state index contributed by atoms with van der Waals surface area (Å²) in [4.78, 5) is 31.2. The molecule has 9 heteroatoms. The lowest BCUT2D eigenvalue weighted by atomic mass is 10.1. The van der Waals surface area contributed by atoms with Gasteiger partial charge in [0.2, 0.25) is 5.91 Å². The Hall–Kier alpha value is -3.98. The van der Waals surface area contributed by atoms with Crippen molar-refractivity contribution >= 4 is 34.0 Å². The van der Waals surface area contributed by atoms with E-state index in [1.807, 2.05) is 48.0 Å². The summed E-state index contributed by atoms with van der Waals surface area (Å²) in [5.41, 5.74) is 3.23. The number of nitrogens with one attached hydrogen (secondary N) is 1. The Morgan fingerprint density at radius 3 is 2.75 bits per heavy atom. The number of aromatic nitrogens is 3. The number of para-hydroxylation sites is 2. The largest absolute Gasteiger partial charge is 0.479 e. The Morgan fingerprint density at radius 1 is 1.16 bits per heavy atom. The monoisotopic (exact) mass is 445 g/mol. The van der Waals surface area contributed by atoms with Gasteiger partial charge in [-0.25, -0.2) is 9.67 Å². The molecule has 3 heterocycles. The number of anilines is 2. The van der Waals surface area contributed by atoms with Gasteiger partial charge in [-0.2, -0.15) is 5.10 Å². The summed E-state index contributed by atoms with van der Waals surface area (Å²) < 4.78 is 7.40. The second-order valence-corrected chi connectivity index (χ2v) is 8.09. The number of carbonyl (C=O) groups is 2.